The molecule has 0 aliphatic heterocycles. The number of oxime groups is 1. The van der Waals surface area contributed by atoms with Crippen LogP contribution in [0.3, 0.4) is 0 Å². The van der Waals surface area contributed by atoms with E-state index in [0.717, 1.165) is 12.8 Å². The normalized spacial score (nSPS) is 20.1. The van der Waals surface area contributed by atoms with Crippen molar-refractivity contribution in [2.45, 2.75) is 64.8 Å². The Labute approximate surface area is 115 Å². The molecule has 1 atom stereocenters. The number of amides is 1. The quantitative estimate of drug-likeness (QED) is 0.235. The van der Waals surface area contributed by atoms with Crippen molar-refractivity contribution in [3.63, 3.8) is 0 Å². The summed E-state index contributed by atoms with van der Waals surface area (Å²) in [5.41, 5.74) is 5.61. The van der Waals surface area contributed by atoms with Crippen LogP contribution >= 0.6 is 0 Å². The summed E-state index contributed by atoms with van der Waals surface area (Å²) in [6.07, 6.45) is 7.87. The lowest BCUT2D eigenvalue weighted by molar-refractivity contribution is -0.122. The van der Waals surface area contributed by atoms with Gasteiger partial charge in [0, 0.05) is 6.42 Å². The molecule has 4 N–H and O–H groups in total. The molecule has 1 rings (SSSR count). The summed E-state index contributed by atoms with van der Waals surface area (Å²) in [6, 6.07) is -0.386. The molecule has 1 unspecified atom stereocenters. The molecule has 1 aliphatic rings. The molecule has 5 nitrogen and oxygen atoms in total. The molecule has 1 fully saturated rings. The first kappa shape index (κ1) is 15.8. The van der Waals surface area contributed by atoms with Crippen LogP contribution in [0, 0.1) is 11.8 Å². The monoisotopic (exact) mass is 269 g/mol. The van der Waals surface area contributed by atoms with Crippen molar-refractivity contribution in [2.75, 3.05) is 0 Å². The Morgan fingerprint density at radius 3 is 2.37 bits per heavy atom. The van der Waals surface area contributed by atoms with Gasteiger partial charge in [-0.25, -0.2) is 0 Å². The SMILES string of the molecule is CC(C)C(NC(=O)CC1CCCCCC1)C(N)=NO. The highest BCUT2D eigenvalue weighted by atomic mass is 16.4. The Morgan fingerprint density at radius 1 is 1.32 bits per heavy atom. The van der Waals surface area contributed by atoms with Crippen molar-refractivity contribution in [1.29, 1.82) is 0 Å². The molecule has 1 saturated carbocycles. The van der Waals surface area contributed by atoms with E-state index in [9.17, 15) is 4.79 Å². The van der Waals surface area contributed by atoms with E-state index >= 15 is 0 Å². The maximum Gasteiger partial charge on any atom is 0.220 e. The highest BCUT2D eigenvalue weighted by Gasteiger charge is 2.22. The third kappa shape index (κ3) is 5.49. The van der Waals surface area contributed by atoms with Crippen molar-refractivity contribution < 1.29 is 10.0 Å². The Balaban J connectivity index is 2.47. The lowest BCUT2D eigenvalue weighted by Crippen LogP contribution is -2.48. The van der Waals surface area contributed by atoms with E-state index in [1.807, 2.05) is 13.8 Å². The highest BCUT2D eigenvalue weighted by Crippen LogP contribution is 2.25. The first-order valence-electron chi connectivity index (χ1n) is 7.31. The molecular formula is C14H27N3O2. The van der Waals surface area contributed by atoms with Gasteiger partial charge in [0.25, 0.3) is 0 Å². The third-order valence-electron chi connectivity index (χ3n) is 3.87. The van der Waals surface area contributed by atoms with Gasteiger partial charge in [-0.3, -0.25) is 4.79 Å². The molecule has 1 aliphatic carbocycles. The molecule has 0 heterocycles. The summed E-state index contributed by atoms with van der Waals surface area (Å²) in [4.78, 5) is 12.1. The second-order valence-corrected chi connectivity index (χ2v) is 5.88. The second kappa shape index (κ2) is 8.02. The van der Waals surface area contributed by atoms with Gasteiger partial charge >= 0.3 is 0 Å². The van der Waals surface area contributed by atoms with Crippen LogP contribution in [0.4, 0.5) is 0 Å². The largest absolute Gasteiger partial charge is 0.409 e. The maximum absolute atomic E-state index is 12.1. The number of nitrogens with one attached hydrogen (secondary N) is 1. The Kier molecular flexibility index (Phi) is 6.67. The molecule has 110 valence electrons. The average molecular weight is 269 g/mol. The van der Waals surface area contributed by atoms with Gasteiger partial charge in [-0.15, -0.1) is 0 Å². The van der Waals surface area contributed by atoms with Gasteiger partial charge in [-0.2, -0.15) is 0 Å². The van der Waals surface area contributed by atoms with Crippen LogP contribution in [0.15, 0.2) is 5.16 Å². The minimum atomic E-state index is -0.386. The van der Waals surface area contributed by atoms with Gasteiger partial charge in [-0.1, -0.05) is 44.7 Å². The fourth-order valence-corrected chi connectivity index (χ4v) is 2.71. The molecule has 5 heteroatoms. The van der Waals surface area contributed by atoms with Crippen molar-refractivity contribution in [2.24, 2.45) is 22.7 Å². The zero-order valence-electron chi connectivity index (χ0n) is 12.1. The van der Waals surface area contributed by atoms with E-state index in [1.165, 1.54) is 25.7 Å². The number of nitrogens with two attached hydrogens (primary N) is 1. The lowest BCUT2D eigenvalue weighted by atomic mass is 9.95. The third-order valence-corrected chi connectivity index (χ3v) is 3.87. The van der Waals surface area contributed by atoms with Crippen LogP contribution < -0.4 is 11.1 Å². The molecule has 19 heavy (non-hydrogen) atoms. The molecule has 0 aromatic carbocycles. The van der Waals surface area contributed by atoms with E-state index in [-0.39, 0.29) is 23.7 Å². The highest BCUT2D eigenvalue weighted by molar-refractivity contribution is 5.90. The number of rotatable bonds is 5. The molecule has 0 bridgehead atoms. The summed E-state index contributed by atoms with van der Waals surface area (Å²) >= 11 is 0. The minimum absolute atomic E-state index is 0.0113. The summed E-state index contributed by atoms with van der Waals surface area (Å²) < 4.78 is 0. The average Bonchev–Trinajstić information content (AvgIpc) is 2.63. The summed E-state index contributed by atoms with van der Waals surface area (Å²) in [7, 11) is 0. The molecule has 0 aromatic rings. The van der Waals surface area contributed by atoms with Crippen LogP contribution in [0.5, 0.6) is 0 Å². The zero-order valence-corrected chi connectivity index (χ0v) is 12.1. The number of amidine groups is 1. The first-order valence-corrected chi connectivity index (χ1v) is 7.31. The van der Waals surface area contributed by atoms with E-state index < -0.39 is 0 Å². The van der Waals surface area contributed by atoms with Crippen molar-refractivity contribution in [1.82, 2.24) is 5.32 Å². The molecule has 1 amide bonds. The van der Waals surface area contributed by atoms with E-state index in [4.69, 9.17) is 10.9 Å². The predicted octanol–water partition coefficient (Wildman–Crippen LogP) is 2.23. The van der Waals surface area contributed by atoms with Gasteiger partial charge in [-0.05, 0) is 24.7 Å². The number of hydrogen-bond acceptors (Lipinski definition) is 3. The van der Waals surface area contributed by atoms with Crippen LogP contribution in [-0.4, -0.2) is 23.0 Å². The zero-order chi connectivity index (χ0) is 14.3. The number of carbonyl (C=O) groups excluding carboxylic acids is 1. The molecular weight excluding hydrogens is 242 g/mol. The van der Waals surface area contributed by atoms with Crippen molar-refractivity contribution in [3.8, 4) is 0 Å². The van der Waals surface area contributed by atoms with Gasteiger partial charge < -0.3 is 16.3 Å². The fraction of sp³-hybridized carbons (Fsp3) is 0.857. The summed E-state index contributed by atoms with van der Waals surface area (Å²) in [6.45, 7) is 3.88. The van der Waals surface area contributed by atoms with E-state index in [1.54, 1.807) is 0 Å². The standard InChI is InChI=1S/C14H27N3O2/c1-10(2)13(14(15)17-19)16-12(18)9-11-7-5-3-4-6-8-11/h10-11,13,19H,3-9H2,1-2H3,(H2,15,17)(H,16,18). The summed E-state index contributed by atoms with van der Waals surface area (Å²) in [5.74, 6) is 0.679. The smallest absolute Gasteiger partial charge is 0.220 e. The number of nitrogens with zero attached hydrogens (tertiary/aromatic N) is 1. The van der Waals surface area contributed by atoms with Crippen LogP contribution in [0.1, 0.15) is 58.8 Å². The van der Waals surface area contributed by atoms with Gasteiger partial charge in [0.2, 0.25) is 5.91 Å². The van der Waals surface area contributed by atoms with Gasteiger partial charge in [0.15, 0.2) is 5.84 Å². The Bertz CT molecular complexity index is 308. The second-order valence-electron chi connectivity index (χ2n) is 5.88. The Hall–Kier alpha value is -1.26. The fourth-order valence-electron chi connectivity index (χ4n) is 2.71. The van der Waals surface area contributed by atoms with Crippen LogP contribution in [-0.2, 0) is 4.79 Å². The molecule has 0 saturated heterocycles. The predicted molar refractivity (Wildman–Crippen MR) is 76.0 cm³/mol. The molecule has 0 spiro atoms. The summed E-state index contributed by atoms with van der Waals surface area (Å²) in [5, 5.41) is 14.6. The van der Waals surface area contributed by atoms with Gasteiger partial charge in [0.05, 0.1) is 6.04 Å². The van der Waals surface area contributed by atoms with E-state index in [2.05, 4.69) is 10.5 Å². The molecule has 0 aromatic heterocycles. The van der Waals surface area contributed by atoms with E-state index in [0.29, 0.717) is 12.3 Å². The topological polar surface area (TPSA) is 87.7 Å². The first-order chi connectivity index (χ1) is 9.04. The van der Waals surface area contributed by atoms with Crippen LogP contribution in [0.25, 0.3) is 0 Å². The van der Waals surface area contributed by atoms with Crippen molar-refractivity contribution >= 4 is 11.7 Å². The molecule has 0 radical (unpaired) electrons. The van der Waals surface area contributed by atoms with Crippen molar-refractivity contribution in [3.05, 3.63) is 0 Å². The van der Waals surface area contributed by atoms with Crippen LogP contribution in [0.2, 0.25) is 0 Å². The minimum Gasteiger partial charge on any atom is -0.409 e. The maximum atomic E-state index is 12.1. The Morgan fingerprint density at radius 2 is 1.89 bits per heavy atom. The number of hydrogen-bond donors (Lipinski definition) is 3. The lowest BCUT2D eigenvalue weighted by Gasteiger charge is -2.22. The van der Waals surface area contributed by atoms with Gasteiger partial charge in [0.1, 0.15) is 0 Å². The number of carbonyl (C=O) groups is 1.